The van der Waals surface area contributed by atoms with E-state index in [0.29, 0.717) is 18.1 Å². The van der Waals surface area contributed by atoms with Crippen molar-refractivity contribution in [2.45, 2.75) is 25.1 Å². The number of carbonyl (C=O) groups is 1. The molecule has 0 saturated carbocycles. The number of hydrogen-bond acceptors (Lipinski definition) is 4. The monoisotopic (exact) mass is 404 g/mol. The number of halogens is 3. The highest BCUT2D eigenvalue weighted by atomic mass is 19.4. The number of oxazole rings is 1. The lowest BCUT2D eigenvalue weighted by Crippen LogP contribution is -2.41. The molecule has 0 aliphatic carbocycles. The van der Waals surface area contributed by atoms with Gasteiger partial charge in [-0.05, 0) is 49.2 Å². The van der Waals surface area contributed by atoms with Crippen LogP contribution < -0.4 is 15.5 Å². The normalized spacial score (nSPS) is 16.9. The van der Waals surface area contributed by atoms with Gasteiger partial charge in [-0.15, -0.1) is 0 Å². The van der Waals surface area contributed by atoms with Crippen LogP contribution in [0.4, 0.5) is 29.7 Å². The lowest BCUT2D eigenvalue weighted by Gasteiger charge is -2.23. The first kappa shape index (κ1) is 19.1. The Hall–Kier alpha value is -3.23. The zero-order chi connectivity index (χ0) is 20.4. The number of hydrogen-bond donors (Lipinski definition) is 2. The summed E-state index contributed by atoms with van der Waals surface area (Å²) in [6, 6.07) is 11.9. The van der Waals surface area contributed by atoms with Crippen molar-refractivity contribution in [3.05, 3.63) is 54.1 Å². The van der Waals surface area contributed by atoms with Gasteiger partial charge in [0.05, 0.1) is 11.6 Å². The Bertz CT molecular complexity index is 968. The lowest BCUT2D eigenvalue weighted by molar-refractivity contribution is -0.137. The summed E-state index contributed by atoms with van der Waals surface area (Å²) < 4.78 is 43.6. The van der Waals surface area contributed by atoms with Gasteiger partial charge in [0.2, 0.25) is 0 Å². The summed E-state index contributed by atoms with van der Waals surface area (Å²) in [6.45, 7) is 1.14. The first-order valence-electron chi connectivity index (χ1n) is 9.24. The topological polar surface area (TPSA) is 70.4 Å². The van der Waals surface area contributed by atoms with Crippen LogP contribution in [-0.4, -0.2) is 30.1 Å². The molecule has 1 aromatic heterocycles. The minimum Gasteiger partial charge on any atom is -0.423 e. The van der Waals surface area contributed by atoms with E-state index in [4.69, 9.17) is 4.42 Å². The number of alkyl halides is 3. The number of nitrogens with zero attached hydrogens (tertiary/aromatic N) is 2. The van der Waals surface area contributed by atoms with Gasteiger partial charge in [-0.3, -0.25) is 0 Å². The molecule has 2 amide bonds. The molecule has 152 valence electrons. The molecule has 1 saturated heterocycles. The van der Waals surface area contributed by atoms with Crippen molar-refractivity contribution in [1.82, 2.24) is 10.3 Å². The predicted octanol–water partition coefficient (Wildman–Crippen LogP) is 4.64. The molecular weight excluding hydrogens is 385 g/mol. The number of nitrogens with one attached hydrogen (secondary N) is 2. The van der Waals surface area contributed by atoms with Crippen LogP contribution in [0.15, 0.2) is 52.9 Å². The summed E-state index contributed by atoms with van der Waals surface area (Å²) >= 11 is 0. The van der Waals surface area contributed by atoms with Crippen LogP contribution >= 0.6 is 0 Å². The average molecular weight is 404 g/mol. The van der Waals surface area contributed by atoms with Crippen LogP contribution in [0.1, 0.15) is 18.4 Å². The fraction of sp³-hybridized carbons (Fsp3) is 0.300. The van der Waals surface area contributed by atoms with Gasteiger partial charge < -0.3 is 20.0 Å². The third kappa shape index (κ3) is 4.28. The van der Waals surface area contributed by atoms with Crippen LogP contribution in [0.2, 0.25) is 0 Å². The summed E-state index contributed by atoms with van der Waals surface area (Å²) in [4.78, 5) is 18.7. The van der Waals surface area contributed by atoms with Gasteiger partial charge in [0, 0.05) is 18.8 Å². The standard InChI is InChI=1S/C20H19F3N4O2/c21-20(22,23)13-7-9-14(10-8-13)25-18(28)24-12-15-4-3-11-27(15)19-26-16-5-1-2-6-17(16)29-19/h1-2,5-10,15H,3-4,11-12H2,(H2,24,25,28). The second-order valence-electron chi connectivity index (χ2n) is 6.86. The fourth-order valence-corrected chi connectivity index (χ4v) is 3.41. The maximum absolute atomic E-state index is 12.6. The zero-order valence-electron chi connectivity index (χ0n) is 15.4. The van der Waals surface area contributed by atoms with E-state index in [9.17, 15) is 18.0 Å². The molecule has 1 unspecified atom stereocenters. The molecule has 2 N–H and O–H groups in total. The average Bonchev–Trinajstić information content (AvgIpc) is 3.32. The number of anilines is 2. The lowest BCUT2D eigenvalue weighted by atomic mass is 10.2. The quantitative estimate of drug-likeness (QED) is 0.665. The molecule has 29 heavy (non-hydrogen) atoms. The van der Waals surface area contributed by atoms with Crippen LogP contribution in [0.5, 0.6) is 0 Å². The highest BCUT2D eigenvalue weighted by Gasteiger charge is 2.30. The molecule has 2 aromatic carbocycles. The molecule has 0 bridgehead atoms. The number of carbonyl (C=O) groups excluding carboxylic acids is 1. The Labute approximate surface area is 164 Å². The van der Waals surface area contributed by atoms with E-state index >= 15 is 0 Å². The molecule has 1 atom stereocenters. The number of aromatic nitrogens is 1. The second kappa shape index (κ2) is 7.65. The second-order valence-corrected chi connectivity index (χ2v) is 6.86. The summed E-state index contributed by atoms with van der Waals surface area (Å²) in [6.07, 6.45) is -2.58. The maximum atomic E-state index is 12.6. The van der Waals surface area contributed by atoms with E-state index in [2.05, 4.69) is 15.6 Å². The summed E-state index contributed by atoms with van der Waals surface area (Å²) in [5.74, 6) is 0. The van der Waals surface area contributed by atoms with Crippen molar-refractivity contribution >= 4 is 28.8 Å². The van der Waals surface area contributed by atoms with Crippen molar-refractivity contribution < 1.29 is 22.4 Å². The zero-order valence-corrected chi connectivity index (χ0v) is 15.4. The molecule has 0 radical (unpaired) electrons. The molecule has 3 aromatic rings. The van der Waals surface area contributed by atoms with E-state index in [1.807, 2.05) is 29.2 Å². The third-order valence-electron chi connectivity index (χ3n) is 4.87. The van der Waals surface area contributed by atoms with Crippen LogP contribution in [0.25, 0.3) is 11.1 Å². The van der Waals surface area contributed by atoms with Crippen molar-refractivity contribution in [1.29, 1.82) is 0 Å². The largest absolute Gasteiger partial charge is 0.423 e. The third-order valence-corrected chi connectivity index (χ3v) is 4.87. The van der Waals surface area contributed by atoms with Gasteiger partial charge in [-0.25, -0.2) is 4.79 Å². The number of fused-ring (bicyclic) bond motifs is 1. The predicted molar refractivity (Wildman–Crippen MR) is 103 cm³/mol. The van der Waals surface area contributed by atoms with Crippen molar-refractivity contribution in [3.8, 4) is 0 Å². The summed E-state index contributed by atoms with van der Waals surface area (Å²) in [5, 5.41) is 5.31. The SMILES string of the molecule is O=C(NCC1CCCN1c1nc2ccccc2o1)Nc1ccc(C(F)(F)F)cc1. The maximum Gasteiger partial charge on any atom is 0.416 e. The van der Waals surface area contributed by atoms with Gasteiger partial charge in [0.15, 0.2) is 5.58 Å². The van der Waals surface area contributed by atoms with Crippen molar-refractivity contribution in [3.63, 3.8) is 0 Å². The molecule has 0 spiro atoms. The first-order chi connectivity index (χ1) is 13.9. The van der Waals surface area contributed by atoms with Gasteiger partial charge in [-0.1, -0.05) is 12.1 Å². The van der Waals surface area contributed by atoms with Gasteiger partial charge in [-0.2, -0.15) is 18.2 Å². The number of amides is 2. The van der Waals surface area contributed by atoms with Gasteiger partial charge in [0.25, 0.3) is 6.01 Å². The van der Waals surface area contributed by atoms with E-state index < -0.39 is 17.8 Å². The molecule has 4 rings (SSSR count). The molecule has 2 heterocycles. The number of rotatable bonds is 4. The van der Waals surface area contributed by atoms with Crippen LogP contribution in [-0.2, 0) is 6.18 Å². The molecular formula is C20H19F3N4O2. The number of benzene rings is 2. The molecule has 1 fully saturated rings. The van der Waals surface area contributed by atoms with E-state index in [-0.39, 0.29) is 11.7 Å². The molecule has 1 aliphatic heterocycles. The number of urea groups is 1. The molecule has 9 heteroatoms. The number of para-hydroxylation sites is 2. The van der Waals surface area contributed by atoms with E-state index in [1.165, 1.54) is 12.1 Å². The van der Waals surface area contributed by atoms with Gasteiger partial charge in [0.1, 0.15) is 5.52 Å². The van der Waals surface area contributed by atoms with Crippen molar-refractivity contribution in [2.24, 2.45) is 0 Å². The highest BCUT2D eigenvalue weighted by Crippen LogP contribution is 2.30. The Balaban J connectivity index is 1.34. The van der Waals surface area contributed by atoms with E-state index in [1.54, 1.807) is 0 Å². The molecule has 1 aliphatic rings. The fourth-order valence-electron chi connectivity index (χ4n) is 3.41. The Kier molecular flexibility index (Phi) is 5.04. The summed E-state index contributed by atoms with van der Waals surface area (Å²) in [7, 11) is 0. The Morgan fingerprint density at radius 3 is 2.66 bits per heavy atom. The van der Waals surface area contributed by atoms with Crippen molar-refractivity contribution in [2.75, 3.05) is 23.3 Å². The Morgan fingerprint density at radius 1 is 1.17 bits per heavy atom. The minimum absolute atomic E-state index is 0.0291. The van der Waals surface area contributed by atoms with Gasteiger partial charge >= 0.3 is 12.2 Å². The Morgan fingerprint density at radius 2 is 1.93 bits per heavy atom. The first-order valence-corrected chi connectivity index (χ1v) is 9.24. The minimum atomic E-state index is -4.41. The summed E-state index contributed by atoms with van der Waals surface area (Å²) in [5.41, 5.74) is 1.02. The molecule has 6 nitrogen and oxygen atoms in total. The van der Waals surface area contributed by atoms with E-state index in [0.717, 1.165) is 37.0 Å². The highest BCUT2D eigenvalue weighted by molar-refractivity contribution is 5.89. The van der Waals surface area contributed by atoms with Crippen LogP contribution in [0.3, 0.4) is 0 Å². The smallest absolute Gasteiger partial charge is 0.416 e. The van der Waals surface area contributed by atoms with Crippen LogP contribution in [0, 0.1) is 0 Å².